The summed E-state index contributed by atoms with van der Waals surface area (Å²) in [5.41, 5.74) is 10.1. The Labute approximate surface area is 215 Å². The average Bonchev–Trinajstić information content (AvgIpc) is 3.32. The molecule has 0 amide bonds. The van der Waals surface area contributed by atoms with Gasteiger partial charge in [-0.05, 0) is 43.9 Å². The van der Waals surface area contributed by atoms with Gasteiger partial charge in [-0.15, -0.1) is 0 Å². The van der Waals surface area contributed by atoms with Crippen molar-refractivity contribution in [2.75, 3.05) is 19.1 Å². The Bertz CT molecular complexity index is 1370. The van der Waals surface area contributed by atoms with Crippen LogP contribution in [-0.2, 0) is 6.54 Å². The fraction of sp³-hybridized carbons (Fsp3) is 0.321. The maximum absolute atomic E-state index is 14.6. The van der Waals surface area contributed by atoms with Crippen molar-refractivity contribution in [1.29, 1.82) is 0 Å². The van der Waals surface area contributed by atoms with E-state index in [4.69, 9.17) is 31.8 Å². The van der Waals surface area contributed by atoms with Crippen molar-refractivity contribution in [2.45, 2.75) is 44.3 Å². The molecule has 2 N–H and O–H groups in total. The van der Waals surface area contributed by atoms with Crippen molar-refractivity contribution in [3.8, 4) is 22.8 Å². The van der Waals surface area contributed by atoms with Crippen LogP contribution in [0.1, 0.15) is 31.2 Å². The van der Waals surface area contributed by atoms with Gasteiger partial charge in [0.1, 0.15) is 23.0 Å². The molecule has 2 aromatic carbocycles. The Morgan fingerprint density at radius 1 is 1.06 bits per heavy atom. The average molecular weight is 509 g/mol. The van der Waals surface area contributed by atoms with E-state index in [1.807, 2.05) is 28.9 Å². The van der Waals surface area contributed by atoms with Gasteiger partial charge < -0.3 is 24.5 Å². The molecule has 6 nitrogen and oxygen atoms in total. The molecule has 1 aliphatic carbocycles. The minimum Gasteiger partial charge on any atom is -0.496 e. The summed E-state index contributed by atoms with van der Waals surface area (Å²) >= 11 is 6.40. The normalized spacial score (nSPS) is 17.8. The molecule has 0 bridgehead atoms. The van der Waals surface area contributed by atoms with Gasteiger partial charge in [0.05, 0.1) is 24.9 Å². The first-order valence-electron chi connectivity index (χ1n) is 12.1. The number of fused-ring (bicyclic) bond motifs is 1. The van der Waals surface area contributed by atoms with Crippen molar-refractivity contribution >= 4 is 22.9 Å². The molecule has 188 valence electrons. The van der Waals surface area contributed by atoms with Crippen LogP contribution in [0, 0.1) is 5.82 Å². The second-order valence-corrected chi connectivity index (χ2v) is 9.66. The Balaban J connectivity index is 1.53. The molecule has 2 aromatic heterocycles. The third-order valence-corrected chi connectivity index (χ3v) is 7.30. The Hall–Kier alpha value is -3.29. The molecule has 0 atom stereocenters. The van der Waals surface area contributed by atoms with Crippen molar-refractivity contribution in [1.82, 2.24) is 9.38 Å². The number of benzene rings is 2. The number of hydrogen-bond acceptors (Lipinski definition) is 5. The van der Waals surface area contributed by atoms with Crippen LogP contribution in [0.3, 0.4) is 0 Å². The lowest BCUT2D eigenvalue weighted by Crippen LogP contribution is -2.40. The SMILES string of the molecule is COc1cc(OC)c(-c2cn3ccc(N(Cc4ccccc4F)C4CCC(N)CC4)cc3n2)cc1Cl. The van der Waals surface area contributed by atoms with Crippen molar-refractivity contribution in [3.05, 3.63) is 77.3 Å². The zero-order valence-corrected chi connectivity index (χ0v) is 21.2. The number of nitrogens with zero attached hydrogens (tertiary/aromatic N) is 3. The van der Waals surface area contributed by atoms with Gasteiger partial charge in [0.2, 0.25) is 0 Å². The van der Waals surface area contributed by atoms with E-state index in [0.29, 0.717) is 28.6 Å². The fourth-order valence-corrected chi connectivity index (χ4v) is 5.24. The summed E-state index contributed by atoms with van der Waals surface area (Å²) in [5, 5.41) is 0.484. The van der Waals surface area contributed by atoms with Crippen molar-refractivity contribution < 1.29 is 13.9 Å². The number of halogens is 2. The third kappa shape index (κ3) is 4.86. The second kappa shape index (κ2) is 10.4. The first kappa shape index (κ1) is 24.4. The number of aromatic nitrogens is 2. The predicted octanol–water partition coefficient (Wildman–Crippen LogP) is 6.09. The van der Waals surface area contributed by atoms with E-state index in [2.05, 4.69) is 17.0 Å². The number of imidazole rings is 1. The van der Waals surface area contributed by atoms with E-state index in [1.54, 1.807) is 32.4 Å². The zero-order chi connectivity index (χ0) is 25.2. The molecule has 36 heavy (non-hydrogen) atoms. The molecule has 2 heterocycles. The maximum atomic E-state index is 14.6. The number of anilines is 1. The Kier molecular flexibility index (Phi) is 7.03. The number of ether oxygens (including phenoxy) is 2. The zero-order valence-electron chi connectivity index (χ0n) is 20.5. The highest BCUT2D eigenvalue weighted by molar-refractivity contribution is 6.32. The Morgan fingerprint density at radius 3 is 2.53 bits per heavy atom. The van der Waals surface area contributed by atoms with Gasteiger partial charge in [0.15, 0.2) is 0 Å². The molecule has 0 unspecified atom stereocenters. The topological polar surface area (TPSA) is 65.0 Å². The summed E-state index contributed by atoms with van der Waals surface area (Å²) in [5.74, 6) is 0.974. The standard InChI is InChI=1S/C28H30ClFN4O2/c1-35-26-15-27(36-2)23(29)14-22(26)25-17-33-12-11-21(13-28(33)32-25)34(20-9-7-19(31)8-10-20)16-18-5-3-4-6-24(18)30/h3-6,11-15,17,19-20H,7-10,16,31H2,1-2H3. The van der Waals surface area contributed by atoms with Gasteiger partial charge in [-0.25, -0.2) is 9.37 Å². The number of hydrogen-bond donors (Lipinski definition) is 1. The lowest BCUT2D eigenvalue weighted by Gasteiger charge is -2.38. The van der Waals surface area contributed by atoms with Gasteiger partial charge in [-0.1, -0.05) is 29.8 Å². The monoisotopic (exact) mass is 508 g/mol. The quantitative estimate of drug-likeness (QED) is 0.327. The van der Waals surface area contributed by atoms with Crippen molar-refractivity contribution in [3.63, 3.8) is 0 Å². The van der Waals surface area contributed by atoms with E-state index >= 15 is 0 Å². The molecule has 0 saturated heterocycles. The van der Waals surface area contributed by atoms with Gasteiger partial charge in [0.25, 0.3) is 0 Å². The first-order valence-corrected chi connectivity index (χ1v) is 12.5. The minimum atomic E-state index is -0.192. The van der Waals surface area contributed by atoms with Crippen LogP contribution in [0.25, 0.3) is 16.9 Å². The first-order chi connectivity index (χ1) is 17.5. The molecule has 4 aromatic rings. The van der Waals surface area contributed by atoms with Crippen LogP contribution in [-0.4, -0.2) is 35.7 Å². The van der Waals surface area contributed by atoms with Gasteiger partial charge in [-0.3, -0.25) is 0 Å². The largest absolute Gasteiger partial charge is 0.496 e. The van der Waals surface area contributed by atoms with E-state index < -0.39 is 0 Å². The highest BCUT2D eigenvalue weighted by Gasteiger charge is 2.26. The van der Waals surface area contributed by atoms with E-state index in [0.717, 1.165) is 48.3 Å². The molecule has 0 radical (unpaired) electrons. The van der Waals surface area contributed by atoms with Crippen LogP contribution in [0.5, 0.6) is 11.5 Å². The number of methoxy groups -OCH3 is 2. The number of rotatable bonds is 7. The van der Waals surface area contributed by atoms with Crippen molar-refractivity contribution in [2.24, 2.45) is 5.73 Å². The molecule has 0 spiro atoms. The molecular weight excluding hydrogens is 479 g/mol. The maximum Gasteiger partial charge on any atom is 0.141 e. The molecule has 0 aliphatic heterocycles. The Morgan fingerprint density at radius 2 is 1.81 bits per heavy atom. The lowest BCUT2D eigenvalue weighted by atomic mass is 9.90. The van der Waals surface area contributed by atoms with Crippen LogP contribution in [0.2, 0.25) is 5.02 Å². The molecule has 5 rings (SSSR count). The molecule has 1 fully saturated rings. The van der Waals surface area contributed by atoms with Gasteiger partial charge in [0, 0.05) is 60.0 Å². The van der Waals surface area contributed by atoms with E-state index in [9.17, 15) is 4.39 Å². The molecule has 1 aliphatic rings. The van der Waals surface area contributed by atoms with E-state index in [1.165, 1.54) is 6.07 Å². The summed E-state index contributed by atoms with van der Waals surface area (Å²) < 4.78 is 27.5. The molecule has 1 saturated carbocycles. The van der Waals surface area contributed by atoms with Gasteiger partial charge in [-0.2, -0.15) is 0 Å². The van der Waals surface area contributed by atoms with E-state index in [-0.39, 0.29) is 17.9 Å². The summed E-state index contributed by atoms with van der Waals surface area (Å²) in [4.78, 5) is 7.17. The van der Waals surface area contributed by atoms with Gasteiger partial charge >= 0.3 is 0 Å². The third-order valence-electron chi connectivity index (χ3n) is 7.01. The minimum absolute atomic E-state index is 0.192. The summed E-state index contributed by atoms with van der Waals surface area (Å²) in [6.07, 6.45) is 7.81. The smallest absolute Gasteiger partial charge is 0.141 e. The van der Waals surface area contributed by atoms with Crippen LogP contribution < -0.4 is 20.1 Å². The molecular formula is C28H30ClFN4O2. The molecule has 8 heteroatoms. The number of pyridine rings is 1. The van der Waals surface area contributed by atoms with Crippen LogP contribution >= 0.6 is 11.6 Å². The summed E-state index contributed by atoms with van der Waals surface area (Å²) in [7, 11) is 3.18. The number of nitrogens with two attached hydrogens (primary N) is 1. The predicted molar refractivity (Wildman–Crippen MR) is 142 cm³/mol. The van der Waals surface area contributed by atoms with Crippen LogP contribution in [0.15, 0.2) is 60.9 Å². The second-order valence-electron chi connectivity index (χ2n) is 9.25. The summed E-state index contributed by atoms with van der Waals surface area (Å²) in [6, 6.07) is 15.2. The highest BCUT2D eigenvalue weighted by atomic mass is 35.5. The summed E-state index contributed by atoms with van der Waals surface area (Å²) in [6.45, 7) is 0.484. The lowest BCUT2D eigenvalue weighted by molar-refractivity contribution is 0.373. The van der Waals surface area contributed by atoms with Crippen LogP contribution in [0.4, 0.5) is 10.1 Å². The fourth-order valence-electron chi connectivity index (χ4n) is 4.99. The highest BCUT2D eigenvalue weighted by Crippen LogP contribution is 2.38.